The molecule has 1 aromatic carbocycles. The van der Waals surface area contributed by atoms with Crippen molar-refractivity contribution in [2.75, 3.05) is 27.2 Å². The number of carbonyl (C=O) groups excluding carboxylic acids is 1. The normalized spacial score (nSPS) is 13.7. The van der Waals surface area contributed by atoms with Crippen LogP contribution in [-0.2, 0) is 4.79 Å². The second-order valence-corrected chi connectivity index (χ2v) is 5.08. The van der Waals surface area contributed by atoms with Crippen molar-refractivity contribution < 1.29 is 9.53 Å². The van der Waals surface area contributed by atoms with E-state index in [0.717, 1.165) is 17.9 Å². The molecule has 1 N–H and O–H groups in total. The Hall–Kier alpha value is -1.55. The Balaban J connectivity index is 2.80. The second-order valence-electron chi connectivity index (χ2n) is 5.08. The van der Waals surface area contributed by atoms with Crippen molar-refractivity contribution in [3.05, 3.63) is 29.8 Å². The van der Waals surface area contributed by atoms with Crippen molar-refractivity contribution in [1.82, 2.24) is 10.2 Å². The lowest BCUT2D eigenvalue weighted by molar-refractivity contribution is -0.135. The summed E-state index contributed by atoms with van der Waals surface area (Å²) >= 11 is 0. The van der Waals surface area contributed by atoms with Gasteiger partial charge in [-0.25, -0.2) is 0 Å². The van der Waals surface area contributed by atoms with E-state index in [2.05, 4.69) is 5.32 Å². The first kappa shape index (κ1) is 16.5. The number of ether oxygens (including phenoxy) is 1. The SMILES string of the molecule is CCNCC(C)C(=O)N(C)C(C)c1ccccc1OC. The van der Waals surface area contributed by atoms with Gasteiger partial charge in [0, 0.05) is 25.1 Å². The molecule has 0 heterocycles. The van der Waals surface area contributed by atoms with Gasteiger partial charge in [0.2, 0.25) is 5.91 Å². The molecule has 2 unspecified atom stereocenters. The number of hydrogen-bond acceptors (Lipinski definition) is 3. The first-order valence-corrected chi connectivity index (χ1v) is 7.13. The van der Waals surface area contributed by atoms with Crippen LogP contribution in [0, 0.1) is 5.92 Å². The van der Waals surface area contributed by atoms with Crippen LogP contribution < -0.4 is 10.1 Å². The molecule has 0 fully saturated rings. The van der Waals surface area contributed by atoms with E-state index in [1.807, 2.05) is 52.1 Å². The van der Waals surface area contributed by atoms with Gasteiger partial charge in [-0.1, -0.05) is 32.0 Å². The van der Waals surface area contributed by atoms with Gasteiger partial charge in [0.15, 0.2) is 0 Å². The Bertz CT molecular complexity index is 434. The summed E-state index contributed by atoms with van der Waals surface area (Å²) in [6.07, 6.45) is 0. The zero-order chi connectivity index (χ0) is 15.1. The van der Waals surface area contributed by atoms with Crippen LogP contribution in [0.5, 0.6) is 5.75 Å². The summed E-state index contributed by atoms with van der Waals surface area (Å²) in [5.74, 6) is 0.931. The molecule has 0 aromatic heterocycles. The number of amides is 1. The van der Waals surface area contributed by atoms with E-state index in [4.69, 9.17) is 4.74 Å². The monoisotopic (exact) mass is 278 g/mol. The van der Waals surface area contributed by atoms with E-state index >= 15 is 0 Å². The molecule has 0 bridgehead atoms. The largest absolute Gasteiger partial charge is 0.496 e. The molecule has 0 saturated carbocycles. The Morgan fingerprint density at radius 2 is 2.00 bits per heavy atom. The van der Waals surface area contributed by atoms with Crippen LogP contribution >= 0.6 is 0 Å². The van der Waals surface area contributed by atoms with Crippen LogP contribution in [-0.4, -0.2) is 38.1 Å². The molecule has 1 amide bonds. The third-order valence-electron chi connectivity index (χ3n) is 3.64. The zero-order valence-electron chi connectivity index (χ0n) is 13.1. The molecule has 112 valence electrons. The van der Waals surface area contributed by atoms with Crippen LogP contribution in [0.4, 0.5) is 0 Å². The molecule has 0 saturated heterocycles. The maximum Gasteiger partial charge on any atom is 0.226 e. The van der Waals surface area contributed by atoms with E-state index in [1.54, 1.807) is 12.0 Å². The quantitative estimate of drug-likeness (QED) is 0.833. The zero-order valence-corrected chi connectivity index (χ0v) is 13.1. The molecule has 4 heteroatoms. The van der Waals surface area contributed by atoms with Gasteiger partial charge in [0.25, 0.3) is 0 Å². The van der Waals surface area contributed by atoms with Crippen molar-refractivity contribution in [1.29, 1.82) is 0 Å². The predicted molar refractivity (Wildman–Crippen MR) is 81.9 cm³/mol. The average molecular weight is 278 g/mol. The average Bonchev–Trinajstić information content (AvgIpc) is 2.50. The van der Waals surface area contributed by atoms with E-state index < -0.39 is 0 Å². The number of para-hydroxylation sites is 1. The molecular formula is C16H26N2O2. The van der Waals surface area contributed by atoms with Crippen molar-refractivity contribution in [2.45, 2.75) is 26.8 Å². The molecule has 20 heavy (non-hydrogen) atoms. The summed E-state index contributed by atoms with van der Waals surface area (Å²) in [6, 6.07) is 7.82. The van der Waals surface area contributed by atoms with Crippen LogP contribution in [0.15, 0.2) is 24.3 Å². The van der Waals surface area contributed by atoms with Crippen LogP contribution in [0.3, 0.4) is 0 Å². The lowest BCUT2D eigenvalue weighted by Crippen LogP contribution is -2.38. The van der Waals surface area contributed by atoms with Crippen LogP contribution in [0.1, 0.15) is 32.4 Å². The predicted octanol–water partition coefficient (Wildman–Crippen LogP) is 2.46. The van der Waals surface area contributed by atoms with Gasteiger partial charge >= 0.3 is 0 Å². The van der Waals surface area contributed by atoms with Gasteiger partial charge in [0.1, 0.15) is 5.75 Å². The molecule has 2 atom stereocenters. The highest BCUT2D eigenvalue weighted by Crippen LogP contribution is 2.28. The highest BCUT2D eigenvalue weighted by Gasteiger charge is 2.23. The maximum atomic E-state index is 12.4. The number of rotatable bonds is 7. The minimum Gasteiger partial charge on any atom is -0.496 e. The molecular weight excluding hydrogens is 252 g/mol. The standard InChI is InChI=1S/C16H26N2O2/c1-6-17-11-12(2)16(19)18(4)13(3)14-9-7-8-10-15(14)20-5/h7-10,12-13,17H,6,11H2,1-5H3. The van der Waals surface area contributed by atoms with Crippen molar-refractivity contribution in [3.63, 3.8) is 0 Å². The molecule has 1 aromatic rings. The Kier molecular flexibility index (Phi) is 6.52. The van der Waals surface area contributed by atoms with Crippen molar-refractivity contribution in [2.24, 2.45) is 5.92 Å². The summed E-state index contributed by atoms with van der Waals surface area (Å²) in [5.41, 5.74) is 1.03. The molecule has 4 nitrogen and oxygen atoms in total. The third kappa shape index (κ3) is 3.97. The van der Waals surface area contributed by atoms with Gasteiger partial charge in [-0.05, 0) is 19.5 Å². The first-order chi connectivity index (χ1) is 9.52. The van der Waals surface area contributed by atoms with E-state index in [1.165, 1.54) is 0 Å². The van der Waals surface area contributed by atoms with Gasteiger partial charge < -0.3 is 15.0 Å². The summed E-state index contributed by atoms with van der Waals surface area (Å²) < 4.78 is 5.37. The van der Waals surface area contributed by atoms with Gasteiger partial charge in [0.05, 0.1) is 13.2 Å². The minimum absolute atomic E-state index is 0.0114. The fourth-order valence-electron chi connectivity index (χ4n) is 2.21. The third-order valence-corrected chi connectivity index (χ3v) is 3.64. The van der Waals surface area contributed by atoms with Crippen LogP contribution in [0.2, 0.25) is 0 Å². The summed E-state index contributed by atoms with van der Waals surface area (Å²) in [4.78, 5) is 14.2. The molecule has 0 radical (unpaired) electrons. The maximum absolute atomic E-state index is 12.4. The highest BCUT2D eigenvalue weighted by atomic mass is 16.5. The van der Waals surface area contributed by atoms with Gasteiger partial charge in [-0.3, -0.25) is 4.79 Å². The van der Waals surface area contributed by atoms with Crippen LogP contribution in [0.25, 0.3) is 0 Å². The summed E-state index contributed by atoms with van der Waals surface area (Å²) in [7, 11) is 3.50. The summed E-state index contributed by atoms with van der Waals surface area (Å²) in [6.45, 7) is 7.60. The Morgan fingerprint density at radius 1 is 1.35 bits per heavy atom. The Morgan fingerprint density at radius 3 is 2.60 bits per heavy atom. The lowest BCUT2D eigenvalue weighted by Gasteiger charge is -2.29. The molecule has 0 aliphatic heterocycles. The number of hydrogen-bond donors (Lipinski definition) is 1. The number of benzene rings is 1. The fourth-order valence-corrected chi connectivity index (χ4v) is 2.21. The molecule has 0 aliphatic carbocycles. The first-order valence-electron chi connectivity index (χ1n) is 7.13. The summed E-state index contributed by atoms with van der Waals surface area (Å²) in [5, 5.41) is 3.21. The lowest BCUT2D eigenvalue weighted by atomic mass is 10.0. The van der Waals surface area contributed by atoms with E-state index in [-0.39, 0.29) is 17.9 Å². The molecule has 1 rings (SSSR count). The second kappa shape index (κ2) is 7.90. The Labute approximate surface area is 122 Å². The van der Waals surface area contributed by atoms with Gasteiger partial charge in [-0.15, -0.1) is 0 Å². The van der Waals surface area contributed by atoms with E-state index in [0.29, 0.717) is 6.54 Å². The van der Waals surface area contributed by atoms with Gasteiger partial charge in [-0.2, -0.15) is 0 Å². The number of nitrogens with zero attached hydrogens (tertiary/aromatic N) is 1. The number of carbonyl (C=O) groups is 1. The minimum atomic E-state index is -0.0305. The fraction of sp³-hybridized carbons (Fsp3) is 0.562. The van der Waals surface area contributed by atoms with Crippen molar-refractivity contribution in [3.8, 4) is 5.75 Å². The number of methoxy groups -OCH3 is 1. The smallest absolute Gasteiger partial charge is 0.226 e. The molecule has 0 aliphatic rings. The number of nitrogens with one attached hydrogen (secondary N) is 1. The molecule has 0 spiro atoms. The van der Waals surface area contributed by atoms with E-state index in [9.17, 15) is 4.79 Å². The topological polar surface area (TPSA) is 41.6 Å². The highest BCUT2D eigenvalue weighted by molar-refractivity contribution is 5.79. The van der Waals surface area contributed by atoms with Crippen molar-refractivity contribution >= 4 is 5.91 Å².